The number of rotatable bonds is 6. The lowest BCUT2D eigenvalue weighted by Gasteiger charge is -2.22. The normalized spacial score (nSPS) is 15.3. The Kier molecular flexibility index (Phi) is 4.04. The van der Waals surface area contributed by atoms with Gasteiger partial charge in [-0.05, 0) is 29.3 Å². The van der Waals surface area contributed by atoms with Crippen LogP contribution in [-0.4, -0.2) is 25.2 Å². The van der Waals surface area contributed by atoms with E-state index in [9.17, 15) is 13.5 Å². The van der Waals surface area contributed by atoms with E-state index in [0.29, 0.717) is 11.3 Å². The molecule has 2 heterocycles. The van der Waals surface area contributed by atoms with E-state index in [1.165, 1.54) is 23.7 Å². The Morgan fingerprint density at radius 2 is 2.32 bits per heavy atom. The lowest BCUT2D eigenvalue weighted by Crippen LogP contribution is -2.38. The highest BCUT2D eigenvalue weighted by Crippen LogP contribution is 2.22. The van der Waals surface area contributed by atoms with Crippen LogP contribution < -0.4 is 4.72 Å². The highest BCUT2D eigenvalue weighted by molar-refractivity contribution is 7.88. The molecule has 0 spiro atoms. The molecule has 2 N–H and O–H groups in total. The molecule has 2 rings (SSSR count). The van der Waals surface area contributed by atoms with Crippen LogP contribution in [0.5, 0.6) is 0 Å². The van der Waals surface area contributed by atoms with Crippen molar-refractivity contribution < 1.29 is 18.0 Å². The smallest absolute Gasteiger partial charge is 0.217 e. The van der Waals surface area contributed by atoms with Gasteiger partial charge in [0.1, 0.15) is 17.6 Å². The van der Waals surface area contributed by atoms with E-state index in [4.69, 9.17) is 0 Å². The highest BCUT2D eigenvalue weighted by Gasteiger charge is 2.26. The number of hydrogen-bond donors (Lipinski definition) is 2. The van der Waals surface area contributed by atoms with Crippen molar-refractivity contribution in [2.75, 3.05) is 6.54 Å². The summed E-state index contributed by atoms with van der Waals surface area (Å²) in [5.41, 5.74) is -0.235. The molecular weight excluding hydrogens is 288 g/mol. The van der Waals surface area contributed by atoms with Crippen molar-refractivity contribution in [1.29, 1.82) is 0 Å². The maximum Gasteiger partial charge on any atom is 0.217 e. The minimum absolute atomic E-state index is 0.0933. The summed E-state index contributed by atoms with van der Waals surface area (Å²) in [6.45, 7) is 1.47. The topological polar surface area (TPSA) is 92.4 Å². The van der Waals surface area contributed by atoms with Crippen molar-refractivity contribution in [1.82, 2.24) is 9.88 Å². The summed E-state index contributed by atoms with van der Waals surface area (Å²) in [5, 5.41) is 17.4. The second-order valence-electron chi connectivity index (χ2n) is 4.36. The van der Waals surface area contributed by atoms with Crippen molar-refractivity contribution in [3.05, 3.63) is 40.4 Å². The summed E-state index contributed by atoms with van der Waals surface area (Å²) in [6, 6.07) is 3.24. The fourth-order valence-electron chi connectivity index (χ4n) is 1.48. The molecular formula is C11H14N2O4S2. The molecule has 0 aliphatic rings. The van der Waals surface area contributed by atoms with Crippen molar-refractivity contribution in [2.24, 2.45) is 0 Å². The predicted octanol–water partition coefficient (Wildman–Crippen LogP) is 1.06. The van der Waals surface area contributed by atoms with Gasteiger partial charge in [0.05, 0.1) is 5.69 Å². The Labute approximate surface area is 115 Å². The van der Waals surface area contributed by atoms with E-state index in [1.54, 1.807) is 18.4 Å². The van der Waals surface area contributed by atoms with Gasteiger partial charge in [-0.25, -0.2) is 13.1 Å². The molecule has 6 nitrogen and oxygen atoms in total. The van der Waals surface area contributed by atoms with Crippen LogP contribution in [0.1, 0.15) is 18.2 Å². The molecule has 2 aromatic heterocycles. The first kappa shape index (κ1) is 14.2. The van der Waals surface area contributed by atoms with Crippen LogP contribution in [0.4, 0.5) is 0 Å². The van der Waals surface area contributed by atoms with Gasteiger partial charge in [-0.3, -0.25) is 0 Å². The predicted molar refractivity (Wildman–Crippen MR) is 71.0 cm³/mol. The summed E-state index contributed by atoms with van der Waals surface area (Å²) < 4.78 is 30.6. The number of nitrogens with one attached hydrogen (secondary N) is 1. The third-order valence-electron chi connectivity index (χ3n) is 2.61. The summed E-state index contributed by atoms with van der Waals surface area (Å²) in [5.74, 6) is -0.275. The second kappa shape index (κ2) is 5.41. The summed E-state index contributed by atoms with van der Waals surface area (Å²) in [4.78, 5) is 0. The second-order valence-corrected chi connectivity index (χ2v) is 6.94. The Balaban J connectivity index is 1.98. The zero-order valence-electron chi connectivity index (χ0n) is 10.2. The fraction of sp³-hybridized carbons (Fsp3) is 0.364. The van der Waals surface area contributed by atoms with Crippen molar-refractivity contribution in [3.8, 4) is 0 Å². The lowest BCUT2D eigenvalue weighted by molar-refractivity contribution is 0.0632. The highest BCUT2D eigenvalue weighted by atomic mass is 32.2. The number of hydrogen-bond acceptors (Lipinski definition) is 6. The quantitative estimate of drug-likeness (QED) is 0.832. The van der Waals surface area contributed by atoms with Gasteiger partial charge in [0.25, 0.3) is 0 Å². The first-order valence-electron chi connectivity index (χ1n) is 5.51. The minimum atomic E-state index is -3.56. The molecule has 0 saturated carbocycles. The monoisotopic (exact) mass is 302 g/mol. The van der Waals surface area contributed by atoms with Crippen molar-refractivity contribution in [3.63, 3.8) is 0 Å². The molecule has 0 aromatic carbocycles. The van der Waals surface area contributed by atoms with Crippen LogP contribution in [0, 0.1) is 0 Å². The number of aliphatic hydroxyl groups is 1. The van der Waals surface area contributed by atoms with Gasteiger partial charge in [-0.15, -0.1) is 0 Å². The van der Waals surface area contributed by atoms with E-state index in [-0.39, 0.29) is 12.3 Å². The number of aromatic nitrogens is 1. The van der Waals surface area contributed by atoms with E-state index in [0.717, 1.165) is 0 Å². The maximum atomic E-state index is 11.8. The molecule has 0 aliphatic heterocycles. The van der Waals surface area contributed by atoms with E-state index >= 15 is 0 Å². The molecule has 19 heavy (non-hydrogen) atoms. The average Bonchev–Trinajstić information content (AvgIpc) is 2.98. The van der Waals surface area contributed by atoms with Crippen LogP contribution in [0.15, 0.2) is 33.7 Å². The minimum Gasteiger partial charge on any atom is -0.384 e. The van der Waals surface area contributed by atoms with Crippen LogP contribution >= 0.6 is 11.3 Å². The first-order chi connectivity index (χ1) is 8.89. The van der Waals surface area contributed by atoms with Gasteiger partial charge in [0.15, 0.2) is 0 Å². The third kappa shape index (κ3) is 3.87. The molecule has 0 bridgehead atoms. The SMILES string of the molecule is C[C@@](O)(CNS(=O)(=O)Cc1ccon1)c1ccsc1. The van der Waals surface area contributed by atoms with Gasteiger partial charge in [0, 0.05) is 12.6 Å². The Hall–Kier alpha value is -1.22. The van der Waals surface area contributed by atoms with Gasteiger partial charge < -0.3 is 9.63 Å². The van der Waals surface area contributed by atoms with Gasteiger partial charge in [0.2, 0.25) is 10.0 Å². The summed E-state index contributed by atoms with van der Waals surface area (Å²) in [6.07, 6.45) is 1.31. The Morgan fingerprint density at radius 1 is 1.53 bits per heavy atom. The van der Waals surface area contributed by atoms with E-state index < -0.39 is 15.6 Å². The zero-order valence-corrected chi connectivity index (χ0v) is 11.9. The van der Waals surface area contributed by atoms with Gasteiger partial charge in [-0.2, -0.15) is 11.3 Å². The van der Waals surface area contributed by atoms with Crippen molar-refractivity contribution in [2.45, 2.75) is 18.3 Å². The fourth-order valence-corrected chi connectivity index (χ4v) is 3.41. The Bertz CT molecular complexity index is 603. The maximum absolute atomic E-state index is 11.8. The molecule has 0 radical (unpaired) electrons. The molecule has 0 aliphatic carbocycles. The average molecular weight is 302 g/mol. The van der Waals surface area contributed by atoms with Gasteiger partial charge in [-0.1, -0.05) is 5.16 Å². The van der Waals surface area contributed by atoms with Gasteiger partial charge >= 0.3 is 0 Å². The first-order valence-corrected chi connectivity index (χ1v) is 8.10. The number of nitrogens with zero attached hydrogens (tertiary/aromatic N) is 1. The summed E-state index contributed by atoms with van der Waals surface area (Å²) >= 11 is 1.44. The van der Waals surface area contributed by atoms with Crippen LogP contribution in [-0.2, 0) is 21.4 Å². The standard InChI is InChI=1S/C11H14N2O4S2/c1-11(14,9-3-5-18-6-9)8-12-19(15,16)7-10-2-4-17-13-10/h2-6,12,14H,7-8H2,1H3/t11-/m1/s1. The van der Waals surface area contributed by atoms with Crippen LogP contribution in [0.2, 0.25) is 0 Å². The molecule has 2 aromatic rings. The molecule has 104 valence electrons. The largest absolute Gasteiger partial charge is 0.384 e. The zero-order chi connectivity index (χ0) is 13.9. The van der Waals surface area contributed by atoms with Crippen LogP contribution in [0.3, 0.4) is 0 Å². The molecule has 1 atom stereocenters. The van der Waals surface area contributed by atoms with E-state index in [1.807, 2.05) is 5.38 Å². The van der Waals surface area contributed by atoms with Crippen molar-refractivity contribution >= 4 is 21.4 Å². The summed E-state index contributed by atoms with van der Waals surface area (Å²) in [7, 11) is -3.56. The molecule has 0 saturated heterocycles. The molecule has 0 unspecified atom stereocenters. The van der Waals surface area contributed by atoms with E-state index in [2.05, 4.69) is 14.4 Å². The van der Waals surface area contributed by atoms with Crippen LogP contribution in [0.25, 0.3) is 0 Å². The Morgan fingerprint density at radius 3 is 2.89 bits per heavy atom. The molecule has 0 fully saturated rings. The third-order valence-corrected chi connectivity index (χ3v) is 4.55. The lowest BCUT2D eigenvalue weighted by atomic mass is 10.0. The number of thiophene rings is 1. The molecule has 8 heteroatoms. The molecule has 0 amide bonds. The number of sulfonamides is 1.